The summed E-state index contributed by atoms with van der Waals surface area (Å²) < 4.78 is 0. The minimum Gasteiger partial charge on any atom is -0.342 e. The molecule has 116 valence electrons. The summed E-state index contributed by atoms with van der Waals surface area (Å²) in [5.41, 5.74) is 1.02. The molecule has 0 unspecified atom stereocenters. The molecule has 1 saturated heterocycles. The average molecular weight is 299 g/mol. The maximum absolute atomic E-state index is 11.9. The summed E-state index contributed by atoms with van der Waals surface area (Å²) >= 11 is 0. The highest BCUT2D eigenvalue weighted by atomic mass is 16.2. The van der Waals surface area contributed by atoms with Crippen molar-refractivity contribution in [2.24, 2.45) is 0 Å². The van der Waals surface area contributed by atoms with Crippen LogP contribution in [0.1, 0.15) is 24.6 Å². The van der Waals surface area contributed by atoms with Crippen LogP contribution in [-0.4, -0.2) is 52.7 Å². The van der Waals surface area contributed by atoms with Gasteiger partial charge in [-0.1, -0.05) is 30.3 Å². The molecule has 2 heterocycles. The van der Waals surface area contributed by atoms with E-state index in [0.717, 1.165) is 43.1 Å². The predicted octanol–water partition coefficient (Wildman–Crippen LogP) is 1.40. The van der Waals surface area contributed by atoms with Gasteiger partial charge >= 0.3 is 0 Å². The molecule has 1 fully saturated rings. The molecule has 0 bridgehead atoms. The van der Waals surface area contributed by atoms with E-state index in [-0.39, 0.29) is 5.91 Å². The van der Waals surface area contributed by atoms with Crippen molar-refractivity contribution < 1.29 is 4.79 Å². The van der Waals surface area contributed by atoms with Gasteiger partial charge in [0.2, 0.25) is 5.91 Å². The molecular formula is C16H21N5O. The minimum atomic E-state index is 0.170. The molecule has 22 heavy (non-hydrogen) atoms. The fourth-order valence-electron chi connectivity index (χ4n) is 2.84. The summed E-state index contributed by atoms with van der Waals surface area (Å²) in [4.78, 5) is 18.4. The van der Waals surface area contributed by atoms with Gasteiger partial charge in [0.15, 0.2) is 5.82 Å². The first-order chi connectivity index (χ1) is 10.8. The Morgan fingerprint density at radius 1 is 1.32 bits per heavy atom. The lowest BCUT2D eigenvalue weighted by Gasteiger charge is -2.31. The van der Waals surface area contributed by atoms with Crippen LogP contribution in [0.4, 0.5) is 0 Å². The van der Waals surface area contributed by atoms with Crippen molar-refractivity contribution in [2.45, 2.75) is 18.8 Å². The van der Waals surface area contributed by atoms with Crippen LogP contribution in [0.5, 0.6) is 0 Å². The summed E-state index contributed by atoms with van der Waals surface area (Å²) in [6.07, 6.45) is 1.86. The maximum Gasteiger partial charge on any atom is 0.236 e. The van der Waals surface area contributed by atoms with Gasteiger partial charge in [-0.3, -0.25) is 9.89 Å². The molecule has 0 atom stereocenters. The molecule has 1 amide bonds. The second-order valence-corrected chi connectivity index (χ2v) is 5.60. The van der Waals surface area contributed by atoms with Gasteiger partial charge in [-0.15, -0.1) is 0 Å². The van der Waals surface area contributed by atoms with Crippen molar-refractivity contribution in [1.29, 1.82) is 0 Å². The van der Waals surface area contributed by atoms with E-state index in [4.69, 9.17) is 0 Å². The van der Waals surface area contributed by atoms with E-state index in [1.165, 1.54) is 0 Å². The van der Waals surface area contributed by atoms with E-state index in [0.29, 0.717) is 12.5 Å². The van der Waals surface area contributed by atoms with Crippen molar-refractivity contribution in [3.8, 4) is 11.4 Å². The Morgan fingerprint density at radius 3 is 2.73 bits per heavy atom. The number of carbonyl (C=O) groups is 1. The molecule has 2 N–H and O–H groups in total. The first-order valence-corrected chi connectivity index (χ1v) is 7.68. The van der Waals surface area contributed by atoms with Crippen LogP contribution in [0, 0.1) is 0 Å². The Bertz CT molecular complexity index is 616. The lowest BCUT2D eigenvalue weighted by Crippen LogP contribution is -2.42. The highest BCUT2D eigenvalue weighted by Gasteiger charge is 2.25. The Kier molecular flexibility index (Phi) is 4.48. The number of piperidine rings is 1. The zero-order chi connectivity index (χ0) is 15.4. The Hall–Kier alpha value is -2.21. The number of likely N-dealkylation sites (tertiary alicyclic amines) is 1. The summed E-state index contributed by atoms with van der Waals surface area (Å²) in [6, 6.07) is 9.96. The predicted molar refractivity (Wildman–Crippen MR) is 84.3 cm³/mol. The number of hydrogen-bond donors (Lipinski definition) is 2. The molecule has 0 aliphatic carbocycles. The Morgan fingerprint density at radius 2 is 2.05 bits per heavy atom. The lowest BCUT2D eigenvalue weighted by atomic mass is 9.96. The second kappa shape index (κ2) is 6.70. The van der Waals surface area contributed by atoms with Crippen molar-refractivity contribution >= 4 is 5.91 Å². The van der Waals surface area contributed by atoms with Crippen LogP contribution in [0.15, 0.2) is 30.3 Å². The number of nitrogens with one attached hydrogen (secondary N) is 2. The molecule has 6 nitrogen and oxygen atoms in total. The molecule has 3 rings (SSSR count). The van der Waals surface area contributed by atoms with Crippen molar-refractivity contribution in [3.63, 3.8) is 0 Å². The smallest absolute Gasteiger partial charge is 0.236 e. The van der Waals surface area contributed by atoms with Crippen LogP contribution in [0.2, 0.25) is 0 Å². The van der Waals surface area contributed by atoms with E-state index in [1.54, 1.807) is 7.05 Å². The van der Waals surface area contributed by atoms with Crippen LogP contribution in [0.25, 0.3) is 11.4 Å². The maximum atomic E-state index is 11.9. The number of amides is 1. The average Bonchev–Trinajstić information content (AvgIpc) is 3.06. The number of carbonyl (C=O) groups excluding carboxylic acids is 1. The fraction of sp³-hybridized carbons (Fsp3) is 0.438. The number of benzene rings is 1. The molecule has 6 heteroatoms. The van der Waals surface area contributed by atoms with Crippen molar-refractivity contribution in [2.75, 3.05) is 26.7 Å². The summed E-state index contributed by atoms with van der Waals surface area (Å²) in [7, 11) is 1.80. The number of rotatable bonds is 4. The number of likely N-dealkylation sites (N-methyl/N-ethyl adjacent to an activating group) is 1. The summed E-state index contributed by atoms with van der Waals surface area (Å²) in [6.45, 7) is 1.98. The molecule has 0 saturated carbocycles. The molecule has 1 aromatic heterocycles. The monoisotopic (exact) mass is 299 g/mol. The normalized spacial score (nSPS) is 16.0. The van der Waals surface area contributed by atoms with Gasteiger partial charge < -0.3 is 10.2 Å². The highest BCUT2D eigenvalue weighted by molar-refractivity contribution is 5.78. The van der Waals surface area contributed by atoms with Gasteiger partial charge in [-0.05, 0) is 19.9 Å². The van der Waals surface area contributed by atoms with Crippen LogP contribution >= 0.6 is 0 Å². The standard InChI is InChI=1S/C16H21N5O/c1-17-11-14(22)21-9-7-13(8-10-21)16-18-15(19-20-16)12-5-3-2-4-6-12/h2-6,13,17H,7-11H2,1H3,(H,18,19,20). The van der Waals surface area contributed by atoms with Gasteiger partial charge in [0.1, 0.15) is 5.82 Å². The molecule has 1 aliphatic heterocycles. The molecule has 2 aromatic rings. The Labute approximate surface area is 129 Å². The fourth-order valence-corrected chi connectivity index (χ4v) is 2.84. The van der Waals surface area contributed by atoms with Gasteiger partial charge in [0, 0.05) is 24.6 Å². The first-order valence-electron chi connectivity index (χ1n) is 7.68. The molecule has 1 aliphatic rings. The van der Waals surface area contributed by atoms with Crippen molar-refractivity contribution in [3.05, 3.63) is 36.2 Å². The number of aromatic nitrogens is 3. The first kappa shape index (κ1) is 14.7. The molecule has 0 radical (unpaired) electrons. The topological polar surface area (TPSA) is 73.9 Å². The van der Waals surface area contributed by atoms with E-state index < -0.39 is 0 Å². The number of hydrogen-bond acceptors (Lipinski definition) is 4. The summed E-state index contributed by atoms with van der Waals surface area (Å²) in [5.74, 6) is 2.19. The number of H-pyrrole nitrogens is 1. The van der Waals surface area contributed by atoms with Gasteiger partial charge in [-0.2, -0.15) is 5.10 Å². The van der Waals surface area contributed by atoms with Crippen LogP contribution in [-0.2, 0) is 4.79 Å². The van der Waals surface area contributed by atoms with E-state index in [2.05, 4.69) is 20.5 Å². The third-order valence-electron chi connectivity index (χ3n) is 4.10. The zero-order valence-electron chi connectivity index (χ0n) is 12.7. The van der Waals surface area contributed by atoms with Gasteiger partial charge in [-0.25, -0.2) is 4.98 Å². The Balaban J connectivity index is 1.63. The molecule has 0 spiro atoms. The third-order valence-corrected chi connectivity index (χ3v) is 4.10. The van der Waals surface area contributed by atoms with E-state index in [1.807, 2.05) is 35.2 Å². The lowest BCUT2D eigenvalue weighted by molar-refractivity contribution is -0.131. The van der Waals surface area contributed by atoms with E-state index >= 15 is 0 Å². The number of aromatic amines is 1. The quantitative estimate of drug-likeness (QED) is 0.895. The second-order valence-electron chi connectivity index (χ2n) is 5.60. The SMILES string of the molecule is CNCC(=O)N1CCC(c2nc(-c3ccccc3)n[nH]2)CC1. The van der Waals surface area contributed by atoms with Crippen LogP contribution < -0.4 is 5.32 Å². The van der Waals surface area contributed by atoms with Crippen molar-refractivity contribution in [1.82, 2.24) is 25.4 Å². The van der Waals surface area contributed by atoms with Gasteiger partial charge in [0.05, 0.1) is 6.54 Å². The van der Waals surface area contributed by atoms with Gasteiger partial charge in [0.25, 0.3) is 0 Å². The van der Waals surface area contributed by atoms with E-state index in [9.17, 15) is 4.79 Å². The zero-order valence-corrected chi connectivity index (χ0v) is 12.7. The molecule has 1 aromatic carbocycles. The van der Waals surface area contributed by atoms with Crippen LogP contribution in [0.3, 0.4) is 0 Å². The summed E-state index contributed by atoms with van der Waals surface area (Å²) in [5, 5.41) is 10.3. The third kappa shape index (κ3) is 3.17. The minimum absolute atomic E-state index is 0.170. The molecular weight excluding hydrogens is 278 g/mol. The number of nitrogens with zero attached hydrogens (tertiary/aromatic N) is 3. The largest absolute Gasteiger partial charge is 0.342 e. The highest BCUT2D eigenvalue weighted by Crippen LogP contribution is 2.26.